The SMILES string of the molecule is COC(=O)C(N)CSCc1ccc(F)cc1C. The molecular weight excluding hydrogens is 241 g/mol. The van der Waals surface area contributed by atoms with Gasteiger partial charge in [0.25, 0.3) is 0 Å². The number of aryl methyl sites for hydroxylation is 1. The zero-order valence-corrected chi connectivity index (χ0v) is 10.7. The van der Waals surface area contributed by atoms with Gasteiger partial charge in [0, 0.05) is 11.5 Å². The average molecular weight is 257 g/mol. The molecule has 1 aromatic rings. The lowest BCUT2D eigenvalue weighted by Crippen LogP contribution is -2.33. The standard InChI is InChI=1S/C12H16FNO2S/c1-8-5-10(13)4-3-9(8)6-17-7-11(14)12(15)16-2/h3-5,11H,6-7,14H2,1-2H3. The maximum atomic E-state index is 12.9. The summed E-state index contributed by atoms with van der Waals surface area (Å²) in [5.74, 6) is 0.552. The number of thioether (sulfide) groups is 1. The number of rotatable bonds is 5. The predicted octanol–water partition coefficient (Wildman–Crippen LogP) is 1.87. The first-order valence-electron chi connectivity index (χ1n) is 5.20. The van der Waals surface area contributed by atoms with Crippen LogP contribution in [0.2, 0.25) is 0 Å². The number of halogens is 1. The molecule has 17 heavy (non-hydrogen) atoms. The second-order valence-corrected chi connectivity index (χ2v) is 4.75. The Bertz CT molecular complexity index is 398. The second kappa shape index (κ2) is 6.61. The fraction of sp³-hybridized carbons (Fsp3) is 0.417. The molecule has 1 rings (SSSR count). The van der Waals surface area contributed by atoms with Crippen LogP contribution in [0.25, 0.3) is 0 Å². The zero-order chi connectivity index (χ0) is 12.8. The highest BCUT2D eigenvalue weighted by molar-refractivity contribution is 7.98. The second-order valence-electron chi connectivity index (χ2n) is 3.72. The van der Waals surface area contributed by atoms with E-state index in [1.165, 1.54) is 31.0 Å². The molecule has 0 heterocycles. The molecular formula is C12H16FNO2S. The molecule has 3 nitrogen and oxygen atoms in total. The maximum Gasteiger partial charge on any atom is 0.323 e. The molecule has 2 N–H and O–H groups in total. The molecule has 1 unspecified atom stereocenters. The van der Waals surface area contributed by atoms with Crippen molar-refractivity contribution in [3.8, 4) is 0 Å². The molecule has 0 bridgehead atoms. The highest BCUT2D eigenvalue weighted by Gasteiger charge is 2.13. The van der Waals surface area contributed by atoms with Gasteiger partial charge in [-0.05, 0) is 30.2 Å². The van der Waals surface area contributed by atoms with Crippen molar-refractivity contribution in [1.82, 2.24) is 0 Å². The van der Waals surface area contributed by atoms with Gasteiger partial charge in [0.2, 0.25) is 0 Å². The largest absolute Gasteiger partial charge is 0.468 e. The van der Waals surface area contributed by atoms with Crippen molar-refractivity contribution >= 4 is 17.7 Å². The predicted molar refractivity (Wildman–Crippen MR) is 67.3 cm³/mol. The first-order chi connectivity index (χ1) is 8.04. The van der Waals surface area contributed by atoms with Gasteiger partial charge in [0.15, 0.2) is 0 Å². The Balaban J connectivity index is 2.43. The monoisotopic (exact) mass is 257 g/mol. The third-order valence-corrected chi connectivity index (χ3v) is 3.47. The minimum absolute atomic E-state index is 0.234. The lowest BCUT2D eigenvalue weighted by Gasteiger charge is -2.09. The highest BCUT2D eigenvalue weighted by atomic mass is 32.2. The number of methoxy groups -OCH3 is 1. The van der Waals surface area contributed by atoms with Crippen molar-refractivity contribution in [3.63, 3.8) is 0 Å². The fourth-order valence-corrected chi connectivity index (χ4v) is 2.39. The van der Waals surface area contributed by atoms with E-state index in [0.29, 0.717) is 11.5 Å². The molecule has 0 spiro atoms. The molecule has 0 aliphatic rings. The van der Waals surface area contributed by atoms with Crippen LogP contribution in [0.3, 0.4) is 0 Å². The molecule has 0 amide bonds. The summed E-state index contributed by atoms with van der Waals surface area (Å²) in [6.45, 7) is 1.86. The van der Waals surface area contributed by atoms with Gasteiger partial charge in [-0.15, -0.1) is 0 Å². The first-order valence-corrected chi connectivity index (χ1v) is 6.36. The summed E-state index contributed by atoms with van der Waals surface area (Å²) in [6, 6.07) is 4.08. The lowest BCUT2D eigenvalue weighted by atomic mass is 10.1. The Labute approximate surface area is 105 Å². The highest BCUT2D eigenvalue weighted by Crippen LogP contribution is 2.17. The Hall–Kier alpha value is -1.07. The Morgan fingerprint density at radius 3 is 2.88 bits per heavy atom. The van der Waals surface area contributed by atoms with Crippen LogP contribution in [0.1, 0.15) is 11.1 Å². The van der Waals surface area contributed by atoms with Crippen LogP contribution >= 0.6 is 11.8 Å². The molecule has 94 valence electrons. The van der Waals surface area contributed by atoms with Gasteiger partial charge in [-0.3, -0.25) is 4.79 Å². The van der Waals surface area contributed by atoms with E-state index in [1.54, 1.807) is 6.07 Å². The number of benzene rings is 1. The first kappa shape index (κ1) is 14.0. The summed E-state index contributed by atoms with van der Waals surface area (Å²) < 4.78 is 17.4. The van der Waals surface area contributed by atoms with Crippen LogP contribution in [-0.4, -0.2) is 24.9 Å². The van der Waals surface area contributed by atoms with Crippen LogP contribution in [0.15, 0.2) is 18.2 Å². The van der Waals surface area contributed by atoms with Gasteiger partial charge < -0.3 is 10.5 Å². The molecule has 5 heteroatoms. The molecule has 0 aliphatic heterocycles. The molecule has 0 saturated heterocycles. The van der Waals surface area contributed by atoms with Gasteiger partial charge in [0.05, 0.1) is 7.11 Å². The van der Waals surface area contributed by atoms with Gasteiger partial charge in [-0.1, -0.05) is 6.07 Å². The van der Waals surface area contributed by atoms with Crippen molar-refractivity contribution in [2.75, 3.05) is 12.9 Å². The van der Waals surface area contributed by atoms with Crippen molar-refractivity contribution in [2.24, 2.45) is 5.73 Å². The van der Waals surface area contributed by atoms with Crippen LogP contribution in [-0.2, 0) is 15.3 Å². The van der Waals surface area contributed by atoms with Crippen LogP contribution < -0.4 is 5.73 Å². The van der Waals surface area contributed by atoms with E-state index in [2.05, 4.69) is 4.74 Å². The number of nitrogens with two attached hydrogens (primary N) is 1. The molecule has 1 atom stereocenters. The number of ether oxygens (including phenoxy) is 1. The Morgan fingerprint density at radius 1 is 1.59 bits per heavy atom. The lowest BCUT2D eigenvalue weighted by molar-refractivity contribution is -0.141. The minimum Gasteiger partial charge on any atom is -0.468 e. The van der Waals surface area contributed by atoms with Crippen molar-refractivity contribution in [3.05, 3.63) is 35.1 Å². The van der Waals surface area contributed by atoms with Gasteiger partial charge in [-0.25, -0.2) is 4.39 Å². The summed E-state index contributed by atoms with van der Waals surface area (Å²) in [6.07, 6.45) is 0. The van der Waals surface area contributed by atoms with Crippen LogP contribution in [0.4, 0.5) is 4.39 Å². The molecule has 0 aromatic heterocycles. The summed E-state index contributed by atoms with van der Waals surface area (Å²) in [4.78, 5) is 11.1. The molecule has 0 radical (unpaired) electrons. The number of esters is 1. The topological polar surface area (TPSA) is 52.3 Å². The number of hydrogen-bond donors (Lipinski definition) is 1. The summed E-state index contributed by atoms with van der Waals surface area (Å²) in [7, 11) is 1.32. The van der Waals surface area contributed by atoms with E-state index >= 15 is 0 Å². The molecule has 0 aliphatic carbocycles. The quantitative estimate of drug-likeness (QED) is 0.818. The zero-order valence-electron chi connectivity index (χ0n) is 9.90. The third-order valence-electron chi connectivity index (χ3n) is 2.36. The van der Waals surface area contributed by atoms with E-state index in [1.807, 2.05) is 6.92 Å². The van der Waals surface area contributed by atoms with E-state index in [9.17, 15) is 9.18 Å². The van der Waals surface area contributed by atoms with Gasteiger partial charge in [-0.2, -0.15) is 11.8 Å². The third kappa shape index (κ3) is 4.36. The van der Waals surface area contributed by atoms with Crippen molar-refractivity contribution in [1.29, 1.82) is 0 Å². The van der Waals surface area contributed by atoms with E-state index in [0.717, 1.165) is 11.1 Å². The maximum absolute atomic E-state index is 12.9. The molecule has 0 saturated carbocycles. The smallest absolute Gasteiger partial charge is 0.323 e. The average Bonchev–Trinajstić information content (AvgIpc) is 2.30. The Morgan fingerprint density at radius 2 is 2.29 bits per heavy atom. The number of hydrogen-bond acceptors (Lipinski definition) is 4. The fourth-order valence-electron chi connectivity index (χ4n) is 1.34. The summed E-state index contributed by atoms with van der Waals surface area (Å²) in [5, 5.41) is 0. The minimum atomic E-state index is -0.606. The number of carbonyl (C=O) groups excluding carboxylic acids is 1. The normalized spacial score (nSPS) is 12.2. The summed E-state index contributed by atoms with van der Waals surface area (Å²) >= 11 is 1.53. The van der Waals surface area contributed by atoms with E-state index < -0.39 is 12.0 Å². The van der Waals surface area contributed by atoms with Crippen LogP contribution in [0, 0.1) is 12.7 Å². The van der Waals surface area contributed by atoms with Crippen molar-refractivity contribution < 1.29 is 13.9 Å². The number of carbonyl (C=O) groups is 1. The van der Waals surface area contributed by atoms with E-state index in [4.69, 9.17) is 5.73 Å². The van der Waals surface area contributed by atoms with Crippen molar-refractivity contribution in [2.45, 2.75) is 18.7 Å². The van der Waals surface area contributed by atoms with Crippen LogP contribution in [0.5, 0.6) is 0 Å². The van der Waals surface area contributed by atoms with E-state index in [-0.39, 0.29) is 5.82 Å². The van der Waals surface area contributed by atoms with Gasteiger partial charge in [0.1, 0.15) is 11.9 Å². The molecule has 0 fully saturated rings. The Kier molecular flexibility index (Phi) is 5.44. The van der Waals surface area contributed by atoms with Gasteiger partial charge >= 0.3 is 5.97 Å². The summed E-state index contributed by atoms with van der Waals surface area (Å²) in [5.41, 5.74) is 7.55. The molecule has 1 aromatic carbocycles.